The predicted octanol–water partition coefficient (Wildman–Crippen LogP) is 1.74. The standard InChI is InChI=1S/C10H20N2O.C9H18N2O.C8H16N2O.C7H14N2O/c1-5-12(6-2)8-7-11-10(13)9(3)4;1-4-9(12)10-7-8-11(5-2)6-3;1-7(2)8(11)9-5-6-10(3)4;1-4-7(10)8-5-6-9(2)3/h3,5-8H2,1-2,4H3,(H,11,13);4H,1,5-8H2,2-3H3,(H,10,12);1,5-6H2,2-4H3,(H,9,11);4H,1,5-6H2,2-3H3,(H,8,10). The molecule has 268 valence electrons. The lowest BCUT2D eigenvalue weighted by atomic mass is 10.3. The molecule has 0 aromatic heterocycles. The van der Waals surface area contributed by atoms with Gasteiger partial charge < -0.3 is 40.9 Å². The van der Waals surface area contributed by atoms with Gasteiger partial charge in [0.15, 0.2) is 0 Å². The van der Waals surface area contributed by atoms with Crippen molar-refractivity contribution in [2.45, 2.75) is 41.5 Å². The van der Waals surface area contributed by atoms with Crippen LogP contribution in [0.15, 0.2) is 49.6 Å². The van der Waals surface area contributed by atoms with Gasteiger partial charge in [0.2, 0.25) is 23.6 Å². The van der Waals surface area contributed by atoms with E-state index < -0.39 is 0 Å². The summed E-state index contributed by atoms with van der Waals surface area (Å²) in [4.78, 5) is 51.8. The lowest BCUT2D eigenvalue weighted by molar-refractivity contribution is -0.118. The van der Waals surface area contributed by atoms with Gasteiger partial charge in [0.25, 0.3) is 0 Å². The first-order chi connectivity index (χ1) is 21.6. The summed E-state index contributed by atoms with van der Waals surface area (Å²) in [6.45, 7) is 36.1. The zero-order valence-corrected chi connectivity index (χ0v) is 30.9. The summed E-state index contributed by atoms with van der Waals surface area (Å²) in [5.74, 6) is -0.317. The normalized spacial score (nSPS) is 9.87. The third-order valence-corrected chi connectivity index (χ3v) is 6.08. The first kappa shape index (κ1) is 49.6. The van der Waals surface area contributed by atoms with Crippen molar-refractivity contribution in [3.05, 3.63) is 49.6 Å². The Morgan fingerprint density at radius 2 is 0.783 bits per heavy atom. The molecule has 0 spiro atoms. The molecule has 0 bridgehead atoms. The van der Waals surface area contributed by atoms with E-state index in [4.69, 9.17) is 0 Å². The van der Waals surface area contributed by atoms with Crippen LogP contribution < -0.4 is 21.3 Å². The molecule has 0 aromatic rings. The Hall–Kier alpha value is -3.32. The summed E-state index contributed by atoms with van der Waals surface area (Å²) in [6.07, 6.45) is 2.57. The Kier molecular flexibility index (Phi) is 37.2. The fraction of sp³-hybridized carbons (Fsp3) is 0.647. The topological polar surface area (TPSA) is 129 Å². The summed E-state index contributed by atoms with van der Waals surface area (Å²) >= 11 is 0. The summed E-state index contributed by atoms with van der Waals surface area (Å²) in [6, 6.07) is 0. The highest BCUT2D eigenvalue weighted by molar-refractivity contribution is 5.92. The van der Waals surface area contributed by atoms with Gasteiger partial charge in [0.1, 0.15) is 0 Å². The SMILES string of the molecule is C=C(C)C(=O)NCCN(C)C.C=C(C)C(=O)NCCN(CC)CC.C=CC(=O)NCCN(C)C.C=CC(=O)NCCN(CC)CC. The van der Waals surface area contributed by atoms with Crippen LogP contribution in [0, 0.1) is 0 Å². The Morgan fingerprint density at radius 3 is 1.02 bits per heavy atom. The van der Waals surface area contributed by atoms with Gasteiger partial charge in [0.05, 0.1) is 0 Å². The molecule has 0 unspecified atom stereocenters. The molecule has 12 nitrogen and oxygen atoms in total. The Balaban J connectivity index is -0.000000257. The zero-order valence-electron chi connectivity index (χ0n) is 30.9. The molecule has 12 heteroatoms. The van der Waals surface area contributed by atoms with Crippen molar-refractivity contribution in [2.24, 2.45) is 0 Å². The molecule has 0 aromatic carbocycles. The fourth-order valence-electron chi connectivity index (χ4n) is 2.99. The lowest BCUT2D eigenvalue weighted by Crippen LogP contribution is -2.34. The highest BCUT2D eigenvalue weighted by Gasteiger charge is 2.02. The van der Waals surface area contributed by atoms with E-state index in [1.165, 1.54) is 12.2 Å². The number of carbonyl (C=O) groups is 4. The van der Waals surface area contributed by atoms with Crippen LogP contribution in [0.5, 0.6) is 0 Å². The molecule has 4 N–H and O–H groups in total. The van der Waals surface area contributed by atoms with E-state index in [0.717, 1.165) is 52.4 Å². The maximum Gasteiger partial charge on any atom is 0.246 e. The zero-order chi connectivity index (χ0) is 36.5. The minimum atomic E-state index is -0.109. The molecule has 46 heavy (non-hydrogen) atoms. The van der Waals surface area contributed by atoms with E-state index in [2.05, 4.69) is 85.1 Å². The first-order valence-corrected chi connectivity index (χ1v) is 16.0. The van der Waals surface area contributed by atoms with Gasteiger partial charge >= 0.3 is 0 Å². The summed E-state index contributed by atoms with van der Waals surface area (Å²) in [5, 5.41) is 10.9. The number of nitrogens with one attached hydrogen (secondary N) is 4. The van der Waals surface area contributed by atoms with E-state index in [9.17, 15) is 19.2 Å². The Labute approximate surface area is 281 Å². The van der Waals surface area contributed by atoms with Gasteiger partial charge in [0, 0.05) is 63.5 Å². The molecule has 0 saturated carbocycles. The summed E-state index contributed by atoms with van der Waals surface area (Å²) < 4.78 is 0. The van der Waals surface area contributed by atoms with Crippen LogP contribution in [0.25, 0.3) is 0 Å². The summed E-state index contributed by atoms with van der Waals surface area (Å²) in [5.41, 5.74) is 1.13. The first-order valence-electron chi connectivity index (χ1n) is 16.0. The highest BCUT2D eigenvalue weighted by atomic mass is 16.2. The summed E-state index contributed by atoms with van der Waals surface area (Å²) in [7, 11) is 7.85. The molecular formula is C34H68N8O4. The predicted molar refractivity (Wildman–Crippen MR) is 195 cm³/mol. The quantitative estimate of drug-likeness (QED) is 0.147. The second-order valence-corrected chi connectivity index (χ2v) is 10.7. The van der Waals surface area contributed by atoms with Gasteiger partial charge in [-0.1, -0.05) is 54.0 Å². The number of hydrogen-bond donors (Lipinski definition) is 4. The minimum Gasteiger partial charge on any atom is -0.351 e. The molecule has 0 rings (SSSR count). The molecule has 0 aliphatic rings. The van der Waals surface area contributed by atoms with Crippen LogP contribution in [-0.2, 0) is 19.2 Å². The molecule has 0 radical (unpaired) electrons. The highest BCUT2D eigenvalue weighted by Crippen LogP contribution is 1.88. The van der Waals surface area contributed by atoms with Crippen LogP contribution in [-0.4, -0.2) is 150 Å². The van der Waals surface area contributed by atoms with Crippen molar-refractivity contribution in [2.75, 3.05) is 107 Å². The van der Waals surface area contributed by atoms with Gasteiger partial charge in [-0.3, -0.25) is 19.2 Å². The van der Waals surface area contributed by atoms with Crippen LogP contribution in [0.1, 0.15) is 41.5 Å². The number of hydrogen-bond acceptors (Lipinski definition) is 8. The average Bonchev–Trinajstić information content (AvgIpc) is 3.01. The van der Waals surface area contributed by atoms with Gasteiger partial charge in [-0.15, -0.1) is 0 Å². The maximum atomic E-state index is 11.1. The van der Waals surface area contributed by atoms with Crippen LogP contribution in [0.3, 0.4) is 0 Å². The number of rotatable bonds is 20. The third-order valence-electron chi connectivity index (χ3n) is 6.08. The second kappa shape index (κ2) is 34.6. The molecule has 0 heterocycles. The van der Waals surface area contributed by atoms with E-state index >= 15 is 0 Å². The van der Waals surface area contributed by atoms with Crippen molar-refractivity contribution in [3.63, 3.8) is 0 Å². The second-order valence-electron chi connectivity index (χ2n) is 10.7. The maximum absolute atomic E-state index is 11.1. The molecule has 0 aliphatic heterocycles. The fourth-order valence-corrected chi connectivity index (χ4v) is 2.99. The average molecular weight is 653 g/mol. The van der Waals surface area contributed by atoms with Gasteiger partial charge in [-0.2, -0.15) is 0 Å². The molecule has 0 fully saturated rings. The lowest BCUT2D eigenvalue weighted by Gasteiger charge is -2.17. The number of carbonyl (C=O) groups excluding carboxylic acids is 4. The van der Waals surface area contributed by atoms with Crippen molar-refractivity contribution in [1.82, 2.24) is 40.9 Å². The molecule has 0 saturated heterocycles. The van der Waals surface area contributed by atoms with Crippen molar-refractivity contribution in [3.8, 4) is 0 Å². The van der Waals surface area contributed by atoms with Crippen LogP contribution >= 0.6 is 0 Å². The van der Waals surface area contributed by atoms with Crippen LogP contribution in [0.2, 0.25) is 0 Å². The molecule has 0 aliphatic carbocycles. The molecular weight excluding hydrogens is 584 g/mol. The molecule has 0 atom stereocenters. The van der Waals surface area contributed by atoms with Crippen molar-refractivity contribution < 1.29 is 19.2 Å². The monoisotopic (exact) mass is 653 g/mol. The Bertz CT molecular complexity index is 867. The largest absolute Gasteiger partial charge is 0.351 e. The van der Waals surface area contributed by atoms with Crippen LogP contribution in [0.4, 0.5) is 0 Å². The number of amides is 4. The van der Waals surface area contributed by atoms with Crippen molar-refractivity contribution in [1.29, 1.82) is 0 Å². The van der Waals surface area contributed by atoms with E-state index in [0.29, 0.717) is 37.3 Å². The third kappa shape index (κ3) is 38.7. The van der Waals surface area contributed by atoms with E-state index in [-0.39, 0.29) is 23.6 Å². The number of likely N-dealkylation sites (N-methyl/N-ethyl adjacent to an activating group) is 4. The van der Waals surface area contributed by atoms with Crippen molar-refractivity contribution >= 4 is 23.6 Å². The number of nitrogens with zero attached hydrogens (tertiary/aromatic N) is 4. The molecule has 4 amide bonds. The minimum absolute atomic E-state index is 0.0489. The Morgan fingerprint density at radius 1 is 0.522 bits per heavy atom. The smallest absolute Gasteiger partial charge is 0.246 e. The van der Waals surface area contributed by atoms with E-state index in [1.807, 2.05) is 38.0 Å². The van der Waals surface area contributed by atoms with Gasteiger partial charge in [-0.25, -0.2) is 0 Å². The van der Waals surface area contributed by atoms with E-state index in [1.54, 1.807) is 13.8 Å². The van der Waals surface area contributed by atoms with Gasteiger partial charge in [-0.05, 0) is 80.4 Å².